The number of ether oxygens (including phenoxy) is 3. The summed E-state index contributed by atoms with van der Waals surface area (Å²) in [5.41, 5.74) is -1.50. The lowest BCUT2D eigenvalue weighted by atomic mass is 10.1. The minimum Gasteiger partial charge on any atom is -0.493 e. The summed E-state index contributed by atoms with van der Waals surface area (Å²) >= 11 is 0. The third kappa shape index (κ3) is 5.23. The minimum absolute atomic E-state index is 0.308. The summed E-state index contributed by atoms with van der Waals surface area (Å²) in [5, 5.41) is 11.5. The quantitative estimate of drug-likeness (QED) is 0.520. The lowest BCUT2D eigenvalue weighted by Gasteiger charge is -2.15. The molecule has 0 aliphatic heterocycles. The normalized spacial score (nSPS) is 11.4. The van der Waals surface area contributed by atoms with Crippen LogP contribution in [0.15, 0.2) is 42.0 Å². The second kappa shape index (κ2) is 9.69. The second-order valence-electron chi connectivity index (χ2n) is 5.85. The highest BCUT2D eigenvalue weighted by Crippen LogP contribution is 2.39. The zero-order valence-corrected chi connectivity index (χ0v) is 16.5. The van der Waals surface area contributed by atoms with Crippen LogP contribution in [-0.4, -0.2) is 26.7 Å². The second-order valence-corrected chi connectivity index (χ2v) is 5.85. The number of carbonyl (C=O) groups is 1. The van der Waals surface area contributed by atoms with Gasteiger partial charge in [0.2, 0.25) is 5.75 Å². The van der Waals surface area contributed by atoms with E-state index in [1.165, 1.54) is 44.6 Å². The van der Waals surface area contributed by atoms with Crippen molar-refractivity contribution >= 4 is 17.7 Å². The SMILES string of the molecule is CCOc1c(OC)cc(/C=C(/C#N)C(=O)Nc2ccccc2C(F)(F)F)cc1OC. The van der Waals surface area contributed by atoms with E-state index in [0.717, 1.165) is 12.1 Å². The molecule has 2 rings (SSSR count). The van der Waals surface area contributed by atoms with Crippen molar-refractivity contribution in [3.05, 3.63) is 53.1 Å². The molecule has 0 unspecified atom stereocenters. The number of carbonyl (C=O) groups excluding carboxylic acids is 1. The van der Waals surface area contributed by atoms with E-state index < -0.39 is 28.9 Å². The van der Waals surface area contributed by atoms with Crippen molar-refractivity contribution in [2.75, 3.05) is 26.1 Å². The van der Waals surface area contributed by atoms with E-state index in [1.54, 1.807) is 13.0 Å². The van der Waals surface area contributed by atoms with Crippen LogP contribution in [0.5, 0.6) is 17.2 Å². The summed E-state index contributed by atoms with van der Waals surface area (Å²) in [5.74, 6) is -0.0205. The Kier molecular flexibility index (Phi) is 7.31. The molecular weight excluding hydrogens is 401 g/mol. The largest absolute Gasteiger partial charge is 0.493 e. The van der Waals surface area contributed by atoms with Crippen molar-refractivity contribution in [2.24, 2.45) is 0 Å². The number of hydrogen-bond acceptors (Lipinski definition) is 5. The van der Waals surface area contributed by atoms with Crippen LogP contribution in [0.25, 0.3) is 6.08 Å². The Balaban J connectivity index is 2.41. The summed E-state index contributed by atoms with van der Waals surface area (Å²) in [7, 11) is 2.83. The smallest absolute Gasteiger partial charge is 0.418 e. The van der Waals surface area contributed by atoms with E-state index in [9.17, 15) is 23.2 Å². The first-order valence-corrected chi connectivity index (χ1v) is 8.73. The van der Waals surface area contributed by atoms with Crippen LogP contribution in [0.2, 0.25) is 0 Å². The van der Waals surface area contributed by atoms with Gasteiger partial charge in [0.1, 0.15) is 11.6 Å². The highest BCUT2D eigenvalue weighted by molar-refractivity contribution is 6.10. The molecule has 158 valence electrons. The Morgan fingerprint density at radius 3 is 2.27 bits per heavy atom. The number of para-hydroxylation sites is 1. The Bertz CT molecular complexity index is 969. The van der Waals surface area contributed by atoms with Gasteiger partial charge in [0.15, 0.2) is 11.5 Å². The van der Waals surface area contributed by atoms with E-state index in [4.69, 9.17) is 14.2 Å². The molecule has 1 amide bonds. The van der Waals surface area contributed by atoms with Gasteiger partial charge >= 0.3 is 6.18 Å². The first-order chi connectivity index (χ1) is 14.2. The van der Waals surface area contributed by atoms with Crippen LogP contribution in [-0.2, 0) is 11.0 Å². The molecule has 9 heteroatoms. The van der Waals surface area contributed by atoms with E-state index in [2.05, 4.69) is 5.32 Å². The maximum Gasteiger partial charge on any atom is 0.418 e. The zero-order valence-electron chi connectivity index (χ0n) is 16.5. The number of nitriles is 1. The molecule has 0 aliphatic carbocycles. The number of anilines is 1. The number of halogens is 3. The summed E-state index contributed by atoms with van der Waals surface area (Å²) in [4.78, 5) is 12.4. The first kappa shape index (κ1) is 22.6. The maximum absolute atomic E-state index is 13.1. The summed E-state index contributed by atoms with van der Waals surface area (Å²) in [6.07, 6.45) is -3.44. The third-order valence-electron chi connectivity index (χ3n) is 3.93. The predicted octanol–water partition coefficient (Wildman–Crippen LogP) is 4.67. The molecule has 0 fully saturated rings. The standard InChI is InChI=1S/C21H19F3N2O4/c1-4-30-19-17(28-2)10-13(11-18(19)29-3)9-14(12-25)20(27)26-16-8-6-5-7-15(16)21(22,23)24/h5-11H,4H2,1-3H3,(H,26,27)/b14-9-. The maximum atomic E-state index is 13.1. The number of methoxy groups -OCH3 is 2. The summed E-state index contributed by atoms with van der Waals surface area (Å²) in [6.45, 7) is 2.13. The average molecular weight is 420 g/mol. The van der Waals surface area contributed by atoms with Crippen LogP contribution >= 0.6 is 0 Å². The van der Waals surface area contributed by atoms with E-state index >= 15 is 0 Å². The zero-order chi connectivity index (χ0) is 22.3. The van der Waals surface area contributed by atoms with Gasteiger partial charge in [-0.1, -0.05) is 12.1 Å². The fraction of sp³-hybridized carbons (Fsp3) is 0.238. The number of rotatable bonds is 7. The molecule has 0 radical (unpaired) electrons. The molecule has 0 saturated heterocycles. The Hall–Kier alpha value is -3.67. The highest BCUT2D eigenvalue weighted by Gasteiger charge is 2.33. The monoisotopic (exact) mass is 420 g/mol. The average Bonchev–Trinajstić information content (AvgIpc) is 2.72. The number of nitrogens with zero attached hydrogens (tertiary/aromatic N) is 1. The van der Waals surface area contributed by atoms with Gasteiger partial charge in [-0.25, -0.2) is 0 Å². The fourth-order valence-electron chi connectivity index (χ4n) is 2.61. The van der Waals surface area contributed by atoms with Gasteiger partial charge in [-0.2, -0.15) is 18.4 Å². The van der Waals surface area contributed by atoms with Crippen molar-refractivity contribution in [1.29, 1.82) is 5.26 Å². The Labute approximate surface area is 171 Å². The van der Waals surface area contributed by atoms with Gasteiger partial charge < -0.3 is 19.5 Å². The minimum atomic E-state index is -4.66. The van der Waals surface area contributed by atoms with Crippen LogP contribution in [0.1, 0.15) is 18.1 Å². The van der Waals surface area contributed by atoms with Crippen molar-refractivity contribution in [3.8, 4) is 23.3 Å². The molecule has 0 heterocycles. The molecule has 0 atom stereocenters. The summed E-state index contributed by atoms with van der Waals surface area (Å²) < 4.78 is 55.4. The van der Waals surface area contributed by atoms with Gasteiger partial charge in [-0.3, -0.25) is 4.79 Å². The number of hydrogen-bond donors (Lipinski definition) is 1. The number of alkyl halides is 3. The van der Waals surface area contributed by atoms with Crippen LogP contribution < -0.4 is 19.5 Å². The van der Waals surface area contributed by atoms with Gasteiger partial charge in [0.25, 0.3) is 5.91 Å². The highest BCUT2D eigenvalue weighted by atomic mass is 19.4. The van der Waals surface area contributed by atoms with Crippen molar-refractivity contribution in [2.45, 2.75) is 13.1 Å². The molecule has 2 aromatic rings. The van der Waals surface area contributed by atoms with E-state index in [0.29, 0.717) is 29.4 Å². The van der Waals surface area contributed by atoms with E-state index in [1.807, 2.05) is 0 Å². The van der Waals surface area contributed by atoms with E-state index in [-0.39, 0.29) is 0 Å². The molecule has 6 nitrogen and oxygen atoms in total. The first-order valence-electron chi connectivity index (χ1n) is 8.73. The van der Waals surface area contributed by atoms with Crippen molar-refractivity contribution in [3.63, 3.8) is 0 Å². The molecule has 0 aliphatic rings. The van der Waals surface area contributed by atoms with Gasteiger partial charge in [-0.15, -0.1) is 0 Å². The number of benzene rings is 2. The summed E-state index contributed by atoms with van der Waals surface area (Å²) in [6, 6.07) is 9.24. The van der Waals surface area contributed by atoms with Crippen molar-refractivity contribution < 1.29 is 32.2 Å². The molecule has 0 bridgehead atoms. The molecule has 0 aromatic heterocycles. The van der Waals surface area contributed by atoms with Crippen LogP contribution in [0, 0.1) is 11.3 Å². The van der Waals surface area contributed by atoms with Gasteiger partial charge in [0.05, 0.1) is 32.1 Å². The molecular formula is C21H19F3N2O4. The Morgan fingerprint density at radius 2 is 1.77 bits per heavy atom. The molecule has 2 aromatic carbocycles. The molecule has 0 saturated carbocycles. The van der Waals surface area contributed by atoms with Crippen LogP contribution in [0.4, 0.5) is 18.9 Å². The Morgan fingerprint density at radius 1 is 1.17 bits per heavy atom. The molecule has 1 N–H and O–H groups in total. The van der Waals surface area contributed by atoms with Crippen LogP contribution in [0.3, 0.4) is 0 Å². The lowest BCUT2D eigenvalue weighted by Crippen LogP contribution is -2.17. The number of amides is 1. The van der Waals surface area contributed by atoms with Gasteiger partial charge in [0, 0.05) is 0 Å². The lowest BCUT2D eigenvalue weighted by molar-refractivity contribution is -0.137. The predicted molar refractivity (Wildman–Crippen MR) is 104 cm³/mol. The molecule has 0 spiro atoms. The molecule has 30 heavy (non-hydrogen) atoms. The third-order valence-corrected chi connectivity index (χ3v) is 3.93. The van der Waals surface area contributed by atoms with Crippen molar-refractivity contribution in [1.82, 2.24) is 0 Å². The van der Waals surface area contributed by atoms with Gasteiger partial charge in [-0.05, 0) is 42.8 Å². The topological polar surface area (TPSA) is 80.6 Å². The fourth-order valence-corrected chi connectivity index (χ4v) is 2.61. The number of nitrogens with one attached hydrogen (secondary N) is 1.